The second kappa shape index (κ2) is 5.19. The Morgan fingerprint density at radius 2 is 2.29 bits per heavy atom. The summed E-state index contributed by atoms with van der Waals surface area (Å²) in [6, 6.07) is 6.18. The molecule has 0 radical (unpaired) electrons. The zero-order valence-electron chi connectivity index (χ0n) is 10.6. The van der Waals surface area contributed by atoms with Crippen molar-refractivity contribution in [2.24, 2.45) is 5.92 Å². The molecule has 0 saturated carbocycles. The van der Waals surface area contributed by atoms with Gasteiger partial charge in [0.05, 0.1) is 17.6 Å². The van der Waals surface area contributed by atoms with E-state index >= 15 is 0 Å². The van der Waals surface area contributed by atoms with Crippen molar-refractivity contribution in [2.45, 2.75) is 13.8 Å². The zero-order chi connectivity index (χ0) is 12.3. The molecule has 0 aliphatic carbocycles. The maximum absolute atomic E-state index is 5.11. The molecule has 4 heteroatoms. The van der Waals surface area contributed by atoms with Gasteiger partial charge >= 0.3 is 0 Å². The van der Waals surface area contributed by atoms with Gasteiger partial charge in [0.25, 0.3) is 0 Å². The molecule has 1 atom stereocenters. The van der Waals surface area contributed by atoms with Gasteiger partial charge in [0, 0.05) is 19.3 Å². The van der Waals surface area contributed by atoms with Crippen LogP contribution in [0.25, 0.3) is 11.0 Å². The van der Waals surface area contributed by atoms with E-state index in [9.17, 15) is 0 Å². The Hall–Kier alpha value is -1.55. The highest BCUT2D eigenvalue weighted by Gasteiger charge is 2.03. The van der Waals surface area contributed by atoms with Crippen molar-refractivity contribution >= 4 is 16.7 Å². The lowest BCUT2D eigenvalue weighted by Crippen LogP contribution is -2.15. The van der Waals surface area contributed by atoms with Crippen LogP contribution in [-0.2, 0) is 4.74 Å². The molecule has 0 fully saturated rings. The van der Waals surface area contributed by atoms with Gasteiger partial charge < -0.3 is 15.0 Å². The summed E-state index contributed by atoms with van der Waals surface area (Å²) in [7, 11) is 1.73. The minimum Gasteiger partial charge on any atom is -0.385 e. The summed E-state index contributed by atoms with van der Waals surface area (Å²) in [5, 5.41) is 3.40. The van der Waals surface area contributed by atoms with Crippen molar-refractivity contribution in [1.82, 2.24) is 9.97 Å². The van der Waals surface area contributed by atoms with E-state index in [2.05, 4.69) is 34.3 Å². The Morgan fingerprint density at radius 3 is 3.06 bits per heavy atom. The summed E-state index contributed by atoms with van der Waals surface area (Å²) in [5.41, 5.74) is 3.20. The number of fused-ring (bicyclic) bond motifs is 1. The van der Waals surface area contributed by atoms with E-state index in [1.54, 1.807) is 7.11 Å². The van der Waals surface area contributed by atoms with Crippen LogP contribution in [0.15, 0.2) is 18.2 Å². The van der Waals surface area contributed by atoms with Crippen molar-refractivity contribution in [3.8, 4) is 0 Å². The topological polar surface area (TPSA) is 49.9 Å². The molecule has 0 spiro atoms. The van der Waals surface area contributed by atoms with E-state index in [1.165, 1.54) is 0 Å². The molecule has 4 nitrogen and oxygen atoms in total. The smallest absolute Gasteiger partial charge is 0.104 e. The Balaban J connectivity index is 2.03. The Labute approximate surface area is 101 Å². The van der Waals surface area contributed by atoms with Gasteiger partial charge in [0.2, 0.25) is 0 Å². The zero-order valence-corrected chi connectivity index (χ0v) is 10.6. The highest BCUT2D eigenvalue weighted by molar-refractivity contribution is 5.79. The van der Waals surface area contributed by atoms with Gasteiger partial charge in [-0.25, -0.2) is 4.98 Å². The van der Waals surface area contributed by atoms with Crippen molar-refractivity contribution in [3.63, 3.8) is 0 Å². The molecule has 1 heterocycles. The standard InChI is InChI=1S/C13H19N3O/c1-9(8-17-3)7-14-11-4-5-12-13(6-11)16-10(2)15-12/h4-6,9,14H,7-8H2,1-3H3,(H,15,16). The molecule has 1 aromatic carbocycles. The van der Waals surface area contributed by atoms with E-state index < -0.39 is 0 Å². The molecular formula is C13H19N3O. The molecule has 1 aromatic heterocycles. The maximum atomic E-state index is 5.11. The number of aryl methyl sites for hydroxylation is 1. The quantitative estimate of drug-likeness (QED) is 0.834. The second-order valence-electron chi connectivity index (χ2n) is 4.50. The normalized spacial score (nSPS) is 12.9. The van der Waals surface area contributed by atoms with Crippen LogP contribution in [0, 0.1) is 12.8 Å². The highest BCUT2D eigenvalue weighted by Crippen LogP contribution is 2.17. The minimum absolute atomic E-state index is 0.499. The van der Waals surface area contributed by atoms with Gasteiger partial charge in [0.1, 0.15) is 5.82 Å². The van der Waals surface area contributed by atoms with Crippen molar-refractivity contribution in [1.29, 1.82) is 0 Å². The van der Waals surface area contributed by atoms with E-state index in [4.69, 9.17) is 4.74 Å². The summed E-state index contributed by atoms with van der Waals surface area (Å²) in [6.45, 7) is 5.81. The lowest BCUT2D eigenvalue weighted by atomic mass is 10.2. The third-order valence-electron chi connectivity index (χ3n) is 2.71. The number of nitrogens with zero attached hydrogens (tertiary/aromatic N) is 1. The number of imidazole rings is 1. The number of anilines is 1. The molecule has 92 valence electrons. The number of hydrogen-bond donors (Lipinski definition) is 2. The summed E-state index contributed by atoms with van der Waals surface area (Å²) >= 11 is 0. The van der Waals surface area contributed by atoms with Crippen LogP contribution >= 0.6 is 0 Å². The number of aromatic amines is 1. The van der Waals surface area contributed by atoms with Crippen LogP contribution in [0.3, 0.4) is 0 Å². The molecule has 0 amide bonds. The summed E-state index contributed by atoms with van der Waals surface area (Å²) in [5.74, 6) is 1.45. The fourth-order valence-electron chi connectivity index (χ4n) is 1.88. The van der Waals surface area contributed by atoms with Gasteiger partial charge in [-0.1, -0.05) is 6.92 Å². The molecule has 17 heavy (non-hydrogen) atoms. The van der Waals surface area contributed by atoms with E-state index in [0.717, 1.165) is 35.7 Å². The number of benzene rings is 1. The molecule has 0 saturated heterocycles. The van der Waals surface area contributed by atoms with Crippen LogP contribution in [0.5, 0.6) is 0 Å². The molecule has 2 aromatic rings. The lowest BCUT2D eigenvalue weighted by molar-refractivity contribution is 0.164. The van der Waals surface area contributed by atoms with Gasteiger partial charge in [-0.3, -0.25) is 0 Å². The van der Waals surface area contributed by atoms with E-state index in [1.807, 2.05) is 13.0 Å². The largest absolute Gasteiger partial charge is 0.385 e. The Bertz CT molecular complexity index is 492. The number of hydrogen-bond acceptors (Lipinski definition) is 3. The third-order valence-corrected chi connectivity index (χ3v) is 2.71. The number of H-pyrrole nitrogens is 1. The van der Waals surface area contributed by atoms with Crippen molar-refractivity contribution < 1.29 is 4.74 Å². The average Bonchev–Trinajstić information content (AvgIpc) is 2.66. The molecular weight excluding hydrogens is 214 g/mol. The number of nitrogens with one attached hydrogen (secondary N) is 2. The summed E-state index contributed by atoms with van der Waals surface area (Å²) in [6.07, 6.45) is 0. The predicted molar refractivity (Wildman–Crippen MR) is 70.4 cm³/mol. The van der Waals surface area contributed by atoms with E-state index in [0.29, 0.717) is 5.92 Å². The van der Waals surface area contributed by atoms with Gasteiger partial charge in [-0.15, -0.1) is 0 Å². The van der Waals surface area contributed by atoms with Crippen LogP contribution in [0.1, 0.15) is 12.7 Å². The Kier molecular flexibility index (Phi) is 3.64. The minimum atomic E-state index is 0.499. The molecule has 2 rings (SSSR count). The maximum Gasteiger partial charge on any atom is 0.104 e. The molecule has 0 bridgehead atoms. The average molecular weight is 233 g/mol. The third kappa shape index (κ3) is 2.97. The van der Waals surface area contributed by atoms with Crippen molar-refractivity contribution in [3.05, 3.63) is 24.0 Å². The number of rotatable bonds is 5. The highest BCUT2D eigenvalue weighted by atomic mass is 16.5. The summed E-state index contributed by atoms with van der Waals surface area (Å²) < 4.78 is 5.11. The first-order valence-electron chi connectivity index (χ1n) is 5.88. The summed E-state index contributed by atoms with van der Waals surface area (Å²) in [4.78, 5) is 7.61. The second-order valence-corrected chi connectivity index (χ2v) is 4.50. The van der Waals surface area contributed by atoms with Gasteiger partial charge in [0.15, 0.2) is 0 Å². The van der Waals surface area contributed by atoms with Crippen molar-refractivity contribution in [2.75, 3.05) is 25.6 Å². The van der Waals surface area contributed by atoms with Gasteiger partial charge in [-0.05, 0) is 31.0 Å². The number of aromatic nitrogens is 2. The lowest BCUT2D eigenvalue weighted by Gasteiger charge is -2.12. The van der Waals surface area contributed by atoms with Crippen LogP contribution in [-0.4, -0.2) is 30.2 Å². The van der Waals surface area contributed by atoms with Crippen LogP contribution in [0.2, 0.25) is 0 Å². The Morgan fingerprint density at radius 1 is 1.47 bits per heavy atom. The first kappa shape index (κ1) is 11.9. The van der Waals surface area contributed by atoms with E-state index in [-0.39, 0.29) is 0 Å². The SMILES string of the molecule is COCC(C)CNc1ccc2nc(C)[nH]c2c1. The molecule has 0 aliphatic heterocycles. The molecule has 1 unspecified atom stereocenters. The number of ether oxygens (including phenoxy) is 1. The monoisotopic (exact) mass is 233 g/mol. The molecule has 0 aliphatic rings. The number of methoxy groups -OCH3 is 1. The first-order chi connectivity index (χ1) is 8.19. The predicted octanol–water partition coefficient (Wildman–Crippen LogP) is 2.57. The fourth-order valence-corrected chi connectivity index (χ4v) is 1.88. The fraction of sp³-hybridized carbons (Fsp3) is 0.462. The van der Waals surface area contributed by atoms with Crippen LogP contribution < -0.4 is 5.32 Å². The van der Waals surface area contributed by atoms with Crippen LogP contribution in [0.4, 0.5) is 5.69 Å². The van der Waals surface area contributed by atoms with Gasteiger partial charge in [-0.2, -0.15) is 0 Å². The molecule has 2 N–H and O–H groups in total. The first-order valence-corrected chi connectivity index (χ1v) is 5.88.